The van der Waals surface area contributed by atoms with Gasteiger partial charge >= 0.3 is 0 Å². The molecule has 0 amide bonds. The minimum Gasteiger partial charge on any atom is -0.314 e. The van der Waals surface area contributed by atoms with Crippen LogP contribution in [0.3, 0.4) is 0 Å². The maximum Gasteiger partial charge on any atom is 0.0766 e. The van der Waals surface area contributed by atoms with Gasteiger partial charge < -0.3 is 5.32 Å². The van der Waals surface area contributed by atoms with Crippen molar-refractivity contribution in [2.75, 3.05) is 6.54 Å². The van der Waals surface area contributed by atoms with Crippen LogP contribution < -0.4 is 5.32 Å². The summed E-state index contributed by atoms with van der Waals surface area (Å²) in [5.74, 6) is 0. The van der Waals surface area contributed by atoms with E-state index in [1.165, 1.54) is 48.0 Å². The van der Waals surface area contributed by atoms with Crippen molar-refractivity contribution in [3.63, 3.8) is 0 Å². The Morgan fingerprint density at radius 3 is 2.48 bits per heavy atom. The molecule has 0 saturated heterocycles. The molecule has 0 radical (unpaired) electrons. The Bertz CT molecular complexity index is 459. The molecule has 0 bridgehead atoms. The Labute approximate surface area is 138 Å². The quantitative estimate of drug-likeness (QED) is 0.826. The molecule has 0 spiro atoms. The Morgan fingerprint density at radius 1 is 1.29 bits per heavy atom. The number of aryl methyl sites for hydroxylation is 2. The van der Waals surface area contributed by atoms with Gasteiger partial charge in [-0.2, -0.15) is 5.10 Å². The van der Waals surface area contributed by atoms with Crippen molar-refractivity contribution in [1.29, 1.82) is 0 Å². The Morgan fingerprint density at radius 2 is 1.95 bits per heavy atom. The molecule has 1 saturated carbocycles. The van der Waals surface area contributed by atoms with E-state index >= 15 is 0 Å². The molecule has 1 aliphatic rings. The molecule has 0 aliphatic heterocycles. The zero-order valence-corrected chi connectivity index (χ0v) is 15.6. The highest BCUT2D eigenvalue weighted by atomic mass is 79.9. The summed E-state index contributed by atoms with van der Waals surface area (Å²) in [5.41, 5.74) is 2.97. The van der Waals surface area contributed by atoms with Crippen LogP contribution in [0.15, 0.2) is 4.47 Å². The van der Waals surface area contributed by atoms with Crippen molar-refractivity contribution < 1.29 is 0 Å². The van der Waals surface area contributed by atoms with Crippen LogP contribution in [0, 0.1) is 5.41 Å². The molecule has 1 fully saturated rings. The van der Waals surface area contributed by atoms with Gasteiger partial charge in [-0.05, 0) is 47.0 Å². The Hall–Kier alpha value is -0.350. The van der Waals surface area contributed by atoms with Crippen LogP contribution in [0.25, 0.3) is 0 Å². The fraction of sp³-hybridized carbons (Fsp3) is 0.824. The molecule has 1 aromatic heterocycles. The predicted molar refractivity (Wildman–Crippen MR) is 92.6 cm³/mol. The second-order valence-corrected chi connectivity index (χ2v) is 7.75. The second-order valence-electron chi connectivity index (χ2n) is 6.96. The third-order valence-electron chi connectivity index (χ3n) is 4.84. The van der Waals surface area contributed by atoms with E-state index in [4.69, 9.17) is 0 Å². The lowest BCUT2D eigenvalue weighted by molar-refractivity contribution is 0.173. The molecule has 1 heterocycles. The van der Waals surface area contributed by atoms with E-state index in [2.05, 4.69) is 58.8 Å². The molecule has 1 aromatic rings. The number of nitrogens with one attached hydrogen (secondary N) is 1. The lowest BCUT2D eigenvalue weighted by Crippen LogP contribution is -2.41. The number of halogens is 1. The van der Waals surface area contributed by atoms with Crippen molar-refractivity contribution in [3.05, 3.63) is 15.9 Å². The molecule has 4 heteroatoms. The van der Waals surface area contributed by atoms with E-state index in [-0.39, 0.29) is 0 Å². The molecular formula is C17H30BrN3. The second kappa shape index (κ2) is 7.28. The van der Waals surface area contributed by atoms with Gasteiger partial charge in [-0.25, -0.2) is 0 Å². The first kappa shape index (κ1) is 17.0. The maximum atomic E-state index is 4.67. The molecule has 1 aliphatic carbocycles. The van der Waals surface area contributed by atoms with Gasteiger partial charge in [0.15, 0.2) is 0 Å². The molecule has 0 aromatic carbocycles. The highest BCUT2D eigenvalue weighted by Crippen LogP contribution is 2.40. The maximum absolute atomic E-state index is 4.67. The van der Waals surface area contributed by atoms with E-state index in [9.17, 15) is 0 Å². The number of nitrogens with zero attached hydrogens (tertiary/aromatic N) is 2. The molecule has 2 rings (SSSR count). The van der Waals surface area contributed by atoms with Crippen molar-refractivity contribution >= 4 is 15.9 Å². The van der Waals surface area contributed by atoms with Crippen molar-refractivity contribution in [2.45, 2.75) is 71.8 Å². The summed E-state index contributed by atoms with van der Waals surface area (Å²) >= 11 is 3.79. The Kier molecular flexibility index (Phi) is 5.89. The van der Waals surface area contributed by atoms with Crippen molar-refractivity contribution in [2.24, 2.45) is 12.5 Å². The van der Waals surface area contributed by atoms with Crippen LogP contribution in [0.5, 0.6) is 0 Å². The Balaban J connectivity index is 2.20. The van der Waals surface area contributed by atoms with Crippen molar-refractivity contribution in [1.82, 2.24) is 15.1 Å². The normalized spacial score (nSPS) is 18.4. The summed E-state index contributed by atoms with van der Waals surface area (Å²) in [7, 11) is 2.09. The number of aromatic nitrogens is 2. The largest absolute Gasteiger partial charge is 0.314 e. The van der Waals surface area contributed by atoms with Crippen LogP contribution in [-0.4, -0.2) is 22.4 Å². The standard InChI is InChI=1S/C17H30BrN3/c1-5-14-16(18)15(21(4)20-14)11-17(12-19-13(2)3)9-7-6-8-10-17/h13,19H,5-12H2,1-4H3. The van der Waals surface area contributed by atoms with Crippen LogP contribution in [0.1, 0.15) is 64.3 Å². The smallest absolute Gasteiger partial charge is 0.0766 e. The summed E-state index contributed by atoms with van der Waals surface area (Å²) in [5, 5.41) is 8.36. The summed E-state index contributed by atoms with van der Waals surface area (Å²) in [6.45, 7) is 7.79. The van der Waals surface area contributed by atoms with Crippen molar-refractivity contribution in [3.8, 4) is 0 Å². The van der Waals surface area contributed by atoms with Crippen LogP contribution >= 0.6 is 15.9 Å². The van der Waals surface area contributed by atoms with E-state index in [1.54, 1.807) is 0 Å². The SMILES string of the molecule is CCc1nn(C)c(CC2(CNC(C)C)CCCCC2)c1Br. The average Bonchev–Trinajstić information content (AvgIpc) is 2.74. The molecule has 1 N–H and O–H groups in total. The first-order chi connectivity index (χ1) is 9.97. The molecular weight excluding hydrogens is 326 g/mol. The third-order valence-corrected chi connectivity index (χ3v) is 5.76. The average molecular weight is 356 g/mol. The van der Waals surface area contributed by atoms with E-state index in [0.717, 1.165) is 19.4 Å². The minimum atomic E-state index is 0.407. The van der Waals surface area contributed by atoms with E-state index in [1.807, 2.05) is 0 Å². The van der Waals surface area contributed by atoms with E-state index in [0.29, 0.717) is 11.5 Å². The molecule has 21 heavy (non-hydrogen) atoms. The lowest BCUT2D eigenvalue weighted by atomic mass is 9.71. The lowest BCUT2D eigenvalue weighted by Gasteiger charge is -2.38. The van der Waals surface area contributed by atoms with Gasteiger partial charge in [-0.15, -0.1) is 0 Å². The van der Waals surface area contributed by atoms with Crippen LogP contribution in [0.4, 0.5) is 0 Å². The summed E-state index contributed by atoms with van der Waals surface area (Å²) in [6.07, 6.45) is 8.95. The van der Waals surface area contributed by atoms with Gasteiger partial charge in [0, 0.05) is 19.6 Å². The third kappa shape index (κ3) is 4.10. The first-order valence-corrected chi connectivity index (χ1v) is 9.20. The summed E-state index contributed by atoms with van der Waals surface area (Å²) in [6, 6.07) is 0.560. The molecule has 0 unspecified atom stereocenters. The van der Waals surface area contributed by atoms with Gasteiger partial charge in [0.1, 0.15) is 0 Å². The number of rotatable bonds is 6. The molecule has 120 valence electrons. The summed E-state index contributed by atoms with van der Waals surface area (Å²) in [4.78, 5) is 0. The van der Waals surface area contributed by atoms with Gasteiger partial charge in [0.2, 0.25) is 0 Å². The van der Waals surface area contributed by atoms with Gasteiger partial charge in [0.25, 0.3) is 0 Å². The minimum absolute atomic E-state index is 0.407. The van der Waals surface area contributed by atoms with Gasteiger partial charge in [0.05, 0.1) is 15.9 Å². The number of hydrogen-bond donors (Lipinski definition) is 1. The fourth-order valence-corrected chi connectivity index (χ4v) is 4.26. The molecule has 0 atom stereocenters. The highest BCUT2D eigenvalue weighted by molar-refractivity contribution is 9.10. The predicted octanol–water partition coefficient (Wildman–Crippen LogP) is 4.24. The zero-order valence-electron chi connectivity index (χ0n) is 14.0. The van der Waals surface area contributed by atoms with Gasteiger partial charge in [-0.3, -0.25) is 4.68 Å². The zero-order chi connectivity index (χ0) is 15.5. The summed E-state index contributed by atoms with van der Waals surface area (Å²) < 4.78 is 3.33. The van der Waals surface area contributed by atoms with Crippen LogP contribution in [0.2, 0.25) is 0 Å². The number of hydrogen-bond acceptors (Lipinski definition) is 2. The van der Waals surface area contributed by atoms with E-state index < -0.39 is 0 Å². The monoisotopic (exact) mass is 355 g/mol. The molecule has 3 nitrogen and oxygen atoms in total. The highest BCUT2D eigenvalue weighted by Gasteiger charge is 2.34. The fourth-order valence-electron chi connectivity index (χ4n) is 3.51. The van der Waals surface area contributed by atoms with Crippen LogP contribution in [-0.2, 0) is 19.9 Å². The van der Waals surface area contributed by atoms with Gasteiger partial charge in [-0.1, -0.05) is 40.0 Å². The topological polar surface area (TPSA) is 29.9 Å². The first-order valence-electron chi connectivity index (χ1n) is 8.41.